The number of hydrogen-bond acceptors (Lipinski definition) is 3. The zero-order valence-corrected chi connectivity index (χ0v) is 9.17. The third-order valence-corrected chi connectivity index (χ3v) is 1.14. The fraction of sp³-hybridized carbons (Fsp3) is 0.556. The van der Waals surface area contributed by atoms with Crippen molar-refractivity contribution in [1.82, 2.24) is 0 Å². The van der Waals surface area contributed by atoms with Crippen molar-refractivity contribution in [3.05, 3.63) is 12.2 Å². The van der Waals surface area contributed by atoms with Crippen molar-refractivity contribution in [3.8, 4) is 0 Å². The predicted octanol–water partition coefficient (Wildman–Crippen LogP) is -0.603. The van der Waals surface area contributed by atoms with Gasteiger partial charge >= 0.3 is 11.9 Å². The predicted molar refractivity (Wildman–Crippen MR) is 54.4 cm³/mol. The van der Waals surface area contributed by atoms with Gasteiger partial charge in [-0.05, 0) is 0 Å². The van der Waals surface area contributed by atoms with Crippen LogP contribution in [0.3, 0.4) is 0 Å². The van der Waals surface area contributed by atoms with Gasteiger partial charge in [0.25, 0.3) is 0 Å². The van der Waals surface area contributed by atoms with Gasteiger partial charge in [0.15, 0.2) is 0 Å². The standard InChI is InChI=1S/C5H14NO.C4H4O4/c1-6(2,3)4-5-7;5-3(6)1-2-4(7)8/h7H,4-5H2,1-3H3;1-2H,(H,5,6)(H,7,8)/q+1;/b;2-1-. The number of carboxylic acid groups (broad SMARTS) is 2. The Labute approximate surface area is 88.7 Å². The normalized spacial score (nSPS) is 10.7. The van der Waals surface area contributed by atoms with E-state index in [0.29, 0.717) is 12.2 Å². The minimum atomic E-state index is -1.26. The van der Waals surface area contributed by atoms with Crippen LogP contribution in [-0.4, -0.2) is 66.0 Å². The van der Waals surface area contributed by atoms with Gasteiger partial charge in [0.2, 0.25) is 0 Å². The average Bonchev–Trinajstić information content (AvgIpc) is 1.99. The molecule has 0 aliphatic heterocycles. The van der Waals surface area contributed by atoms with E-state index in [4.69, 9.17) is 15.3 Å². The molecule has 0 aliphatic carbocycles. The molecule has 0 aromatic rings. The highest BCUT2D eigenvalue weighted by Gasteiger charge is 2.02. The molecular weight excluding hydrogens is 202 g/mol. The summed E-state index contributed by atoms with van der Waals surface area (Å²) in [5.41, 5.74) is 0. The Morgan fingerprint density at radius 3 is 1.47 bits per heavy atom. The van der Waals surface area contributed by atoms with Gasteiger partial charge in [-0.3, -0.25) is 0 Å². The lowest BCUT2D eigenvalue weighted by atomic mass is 10.5. The average molecular weight is 220 g/mol. The van der Waals surface area contributed by atoms with Crippen LogP contribution in [-0.2, 0) is 9.59 Å². The van der Waals surface area contributed by atoms with Crippen molar-refractivity contribution in [2.24, 2.45) is 0 Å². The topological polar surface area (TPSA) is 94.8 Å². The molecule has 0 unspecified atom stereocenters. The first-order chi connectivity index (χ1) is 6.69. The first-order valence-electron chi connectivity index (χ1n) is 4.24. The third kappa shape index (κ3) is 24.5. The maximum absolute atomic E-state index is 9.55. The van der Waals surface area contributed by atoms with Crippen LogP contribution < -0.4 is 0 Å². The number of rotatable bonds is 4. The summed E-state index contributed by atoms with van der Waals surface area (Å²) in [7, 11) is 6.16. The summed E-state index contributed by atoms with van der Waals surface area (Å²) in [5, 5.41) is 24.0. The number of carbonyl (C=O) groups is 2. The molecule has 0 saturated heterocycles. The Kier molecular flexibility index (Phi) is 8.51. The van der Waals surface area contributed by atoms with Crippen molar-refractivity contribution >= 4 is 11.9 Å². The van der Waals surface area contributed by atoms with Gasteiger partial charge < -0.3 is 19.8 Å². The number of likely N-dealkylation sites (N-methyl/N-ethyl adjacent to an activating group) is 1. The van der Waals surface area contributed by atoms with Gasteiger partial charge in [0.05, 0.1) is 27.7 Å². The summed E-state index contributed by atoms with van der Waals surface area (Å²) in [6.07, 6.45) is 1.12. The lowest BCUT2D eigenvalue weighted by Crippen LogP contribution is -2.36. The molecule has 0 spiro atoms. The summed E-state index contributed by atoms with van der Waals surface area (Å²) in [6, 6.07) is 0. The van der Waals surface area contributed by atoms with E-state index in [1.165, 1.54) is 0 Å². The molecule has 0 saturated carbocycles. The summed E-state index contributed by atoms with van der Waals surface area (Å²) in [6.45, 7) is 1.11. The molecule has 0 heterocycles. The van der Waals surface area contributed by atoms with Crippen molar-refractivity contribution in [3.63, 3.8) is 0 Å². The van der Waals surface area contributed by atoms with E-state index in [0.717, 1.165) is 11.0 Å². The van der Waals surface area contributed by atoms with Crippen LogP contribution >= 0.6 is 0 Å². The molecule has 0 atom stereocenters. The molecule has 6 nitrogen and oxygen atoms in total. The van der Waals surface area contributed by atoms with Gasteiger partial charge in [-0.2, -0.15) is 0 Å². The highest BCUT2D eigenvalue weighted by atomic mass is 16.4. The van der Waals surface area contributed by atoms with E-state index in [1.54, 1.807) is 0 Å². The second-order valence-corrected chi connectivity index (χ2v) is 3.75. The lowest BCUT2D eigenvalue weighted by molar-refractivity contribution is -0.870. The van der Waals surface area contributed by atoms with Gasteiger partial charge in [-0.25, -0.2) is 9.59 Å². The smallest absolute Gasteiger partial charge is 0.328 e. The van der Waals surface area contributed by atoms with E-state index in [2.05, 4.69) is 21.1 Å². The molecule has 88 valence electrons. The second-order valence-electron chi connectivity index (χ2n) is 3.75. The van der Waals surface area contributed by atoms with E-state index < -0.39 is 11.9 Å². The Hall–Kier alpha value is -1.40. The molecule has 0 fully saturated rings. The minimum Gasteiger partial charge on any atom is -0.478 e. The van der Waals surface area contributed by atoms with Crippen LogP contribution in [0.5, 0.6) is 0 Å². The molecule has 0 amide bonds. The van der Waals surface area contributed by atoms with Gasteiger partial charge in [-0.15, -0.1) is 0 Å². The number of carboxylic acids is 2. The summed E-state index contributed by atoms with van der Waals surface area (Å²) in [4.78, 5) is 19.1. The number of nitrogens with zero attached hydrogens (tertiary/aromatic N) is 1. The van der Waals surface area contributed by atoms with Crippen LogP contribution in [0.4, 0.5) is 0 Å². The molecule has 0 aliphatic rings. The SMILES string of the molecule is C[N+](C)(C)CCO.O=C(O)/C=C\C(=O)O. The summed E-state index contributed by atoms with van der Waals surface area (Å²) >= 11 is 0. The monoisotopic (exact) mass is 220 g/mol. The quantitative estimate of drug-likeness (QED) is 0.434. The van der Waals surface area contributed by atoms with Crippen LogP contribution in [0.1, 0.15) is 0 Å². The van der Waals surface area contributed by atoms with Crippen molar-refractivity contribution in [2.75, 3.05) is 34.3 Å². The number of aliphatic hydroxyl groups excluding tert-OH is 1. The lowest BCUT2D eigenvalue weighted by Gasteiger charge is -2.21. The van der Waals surface area contributed by atoms with Crippen LogP contribution in [0.15, 0.2) is 12.2 Å². The number of aliphatic carboxylic acids is 2. The van der Waals surface area contributed by atoms with Crippen molar-refractivity contribution in [1.29, 1.82) is 0 Å². The van der Waals surface area contributed by atoms with Gasteiger partial charge in [0, 0.05) is 12.2 Å². The van der Waals surface area contributed by atoms with Gasteiger partial charge in [-0.1, -0.05) is 0 Å². The molecule has 0 bridgehead atoms. The van der Waals surface area contributed by atoms with Gasteiger partial charge in [0.1, 0.15) is 6.54 Å². The van der Waals surface area contributed by atoms with E-state index in [1.807, 2.05) is 0 Å². The maximum atomic E-state index is 9.55. The zero-order valence-electron chi connectivity index (χ0n) is 9.17. The fourth-order valence-corrected chi connectivity index (χ4v) is 0.443. The summed E-state index contributed by atoms with van der Waals surface area (Å²) in [5.74, 6) is -2.51. The molecule has 0 aromatic heterocycles. The van der Waals surface area contributed by atoms with Crippen molar-refractivity contribution in [2.45, 2.75) is 0 Å². The van der Waals surface area contributed by atoms with E-state index in [9.17, 15) is 9.59 Å². The largest absolute Gasteiger partial charge is 0.478 e. The van der Waals surface area contributed by atoms with Crippen LogP contribution in [0, 0.1) is 0 Å². The molecule has 3 N–H and O–H groups in total. The Bertz CT molecular complexity index is 213. The van der Waals surface area contributed by atoms with E-state index in [-0.39, 0.29) is 6.61 Å². The zero-order chi connectivity index (χ0) is 12.5. The van der Waals surface area contributed by atoms with Crippen molar-refractivity contribution < 1.29 is 29.4 Å². The Balaban J connectivity index is 0. The minimum absolute atomic E-state index is 0.281. The molecular formula is C9H18NO5+. The number of hydrogen-bond donors (Lipinski definition) is 3. The molecule has 0 aromatic carbocycles. The molecule has 0 radical (unpaired) electrons. The highest BCUT2D eigenvalue weighted by molar-refractivity contribution is 5.89. The fourth-order valence-electron chi connectivity index (χ4n) is 0.443. The van der Waals surface area contributed by atoms with Crippen LogP contribution in [0.25, 0.3) is 0 Å². The highest BCUT2D eigenvalue weighted by Crippen LogP contribution is 1.84. The third-order valence-electron chi connectivity index (χ3n) is 1.14. The van der Waals surface area contributed by atoms with E-state index >= 15 is 0 Å². The maximum Gasteiger partial charge on any atom is 0.328 e. The number of quaternary nitrogens is 1. The molecule has 0 rings (SSSR count). The number of aliphatic hydroxyl groups is 1. The summed E-state index contributed by atoms with van der Waals surface area (Å²) < 4.78 is 0.844. The Morgan fingerprint density at radius 1 is 1.07 bits per heavy atom. The first kappa shape index (κ1) is 16.0. The molecule has 15 heavy (non-hydrogen) atoms. The Morgan fingerprint density at radius 2 is 1.40 bits per heavy atom. The molecule has 6 heteroatoms. The van der Waals surface area contributed by atoms with Crippen LogP contribution in [0.2, 0.25) is 0 Å². The first-order valence-corrected chi connectivity index (χ1v) is 4.24. The second kappa shape index (κ2) is 7.95.